The summed E-state index contributed by atoms with van der Waals surface area (Å²) >= 11 is 0. The number of nitrogens with one attached hydrogen (secondary N) is 3. The highest BCUT2D eigenvalue weighted by atomic mass is 16.5. The lowest BCUT2D eigenvalue weighted by Gasteiger charge is -2.12. The number of anilines is 2. The number of hydrogen-bond acceptors (Lipinski definition) is 4. The van der Waals surface area contributed by atoms with Gasteiger partial charge in [-0.25, -0.2) is 0 Å². The number of ether oxygens (including phenoxy) is 1. The lowest BCUT2D eigenvalue weighted by atomic mass is 10.1. The lowest BCUT2D eigenvalue weighted by Crippen LogP contribution is -2.28. The second-order valence-corrected chi connectivity index (χ2v) is 8.17. The van der Waals surface area contributed by atoms with Crippen LogP contribution in [0, 0.1) is 5.92 Å². The summed E-state index contributed by atoms with van der Waals surface area (Å²) in [6.07, 6.45) is 2.57. The van der Waals surface area contributed by atoms with Gasteiger partial charge in [0.2, 0.25) is 5.91 Å². The first-order valence-electron chi connectivity index (χ1n) is 11.3. The summed E-state index contributed by atoms with van der Waals surface area (Å²) in [6.45, 7) is 0.256. The summed E-state index contributed by atoms with van der Waals surface area (Å²) in [5, 5.41) is 8.50. The van der Waals surface area contributed by atoms with Gasteiger partial charge in [0.1, 0.15) is 5.75 Å². The van der Waals surface area contributed by atoms with E-state index in [0.29, 0.717) is 29.2 Å². The zero-order valence-corrected chi connectivity index (χ0v) is 18.8. The predicted molar refractivity (Wildman–Crippen MR) is 131 cm³/mol. The molecular weight excluding hydrogens is 430 g/mol. The third kappa shape index (κ3) is 6.68. The molecule has 1 fully saturated rings. The van der Waals surface area contributed by atoms with E-state index in [4.69, 9.17) is 4.74 Å². The van der Waals surface area contributed by atoms with E-state index in [1.54, 1.807) is 48.5 Å². The molecule has 1 aliphatic carbocycles. The maximum atomic E-state index is 12.7. The third-order valence-electron chi connectivity index (χ3n) is 5.41. The van der Waals surface area contributed by atoms with Crippen LogP contribution in [0.4, 0.5) is 11.4 Å². The van der Waals surface area contributed by atoms with E-state index in [2.05, 4.69) is 16.0 Å². The van der Waals surface area contributed by atoms with Gasteiger partial charge >= 0.3 is 0 Å². The number of benzene rings is 3. The molecule has 0 heterocycles. The number of hydrogen-bond donors (Lipinski definition) is 3. The Morgan fingerprint density at radius 2 is 1.62 bits per heavy atom. The van der Waals surface area contributed by atoms with Crippen LogP contribution in [0.15, 0.2) is 78.9 Å². The predicted octanol–water partition coefficient (Wildman–Crippen LogP) is 4.03. The van der Waals surface area contributed by atoms with Crippen LogP contribution in [-0.2, 0) is 16.0 Å². The van der Waals surface area contributed by atoms with Crippen molar-refractivity contribution in [2.24, 2.45) is 5.92 Å². The molecule has 34 heavy (non-hydrogen) atoms. The highest BCUT2D eigenvalue weighted by Crippen LogP contribution is 2.30. The Morgan fingerprint density at radius 3 is 2.41 bits per heavy atom. The van der Waals surface area contributed by atoms with E-state index >= 15 is 0 Å². The highest BCUT2D eigenvalue weighted by molar-refractivity contribution is 6.04. The summed E-state index contributed by atoms with van der Waals surface area (Å²) in [6, 6.07) is 23.7. The molecule has 1 saturated carbocycles. The fourth-order valence-electron chi connectivity index (χ4n) is 3.44. The Kier molecular flexibility index (Phi) is 7.55. The van der Waals surface area contributed by atoms with Crippen molar-refractivity contribution in [3.8, 4) is 5.75 Å². The Balaban J connectivity index is 1.28. The average molecular weight is 458 g/mol. The van der Waals surface area contributed by atoms with E-state index in [-0.39, 0.29) is 24.3 Å². The minimum absolute atomic E-state index is 0.00791. The molecule has 0 aliphatic heterocycles. The van der Waals surface area contributed by atoms with Crippen molar-refractivity contribution >= 4 is 29.1 Å². The molecule has 1 aliphatic rings. The molecule has 7 nitrogen and oxygen atoms in total. The molecule has 0 radical (unpaired) electrons. The first-order chi connectivity index (χ1) is 16.6. The topological polar surface area (TPSA) is 96.5 Å². The van der Waals surface area contributed by atoms with Crippen LogP contribution in [0.25, 0.3) is 0 Å². The van der Waals surface area contributed by atoms with Crippen molar-refractivity contribution in [1.29, 1.82) is 0 Å². The molecule has 3 amide bonds. The monoisotopic (exact) mass is 457 g/mol. The normalized spacial score (nSPS) is 12.5. The first-order valence-corrected chi connectivity index (χ1v) is 11.3. The maximum absolute atomic E-state index is 12.7. The first kappa shape index (κ1) is 23.0. The molecule has 0 aromatic heterocycles. The van der Waals surface area contributed by atoms with Gasteiger partial charge in [-0.3, -0.25) is 14.4 Å². The van der Waals surface area contributed by atoms with Crippen molar-refractivity contribution in [1.82, 2.24) is 5.32 Å². The maximum Gasteiger partial charge on any atom is 0.262 e. The van der Waals surface area contributed by atoms with Gasteiger partial charge in [-0.15, -0.1) is 0 Å². The largest absolute Gasteiger partial charge is 0.484 e. The molecule has 0 unspecified atom stereocenters. The minimum Gasteiger partial charge on any atom is -0.484 e. The molecule has 3 aromatic rings. The van der Waals surface area contributed by atoms with Gasteiger partial charge in [-0.1, -0.05) is 48.5 Å². The summed E-state index contributed by atoms with van der Waals surface area (Å²) < 4.78 is 5.59. The molecule has 7 heteroatoms. The molecule has 0 spiro atoms. The second kappa shape index (κ2) is 11.1. The molecule has 4 rings (SSSR count). The van der Waals surface area contributed by atoms with Gasteiger partial charge in [-0.2, -0.15) is 0 Å². The number of carbonyl (C=O) groups excluding carboxylic acids is 3. The van der Waals surface area contributed by atoms with Gasteiger partial charge in [0, 0.05) is 24.2 Å². The molecule has 0 saturated heterocycles. The van der Waals surface area contributed by atoms with Crippen LogP contribution in [0.5, 0.6) is 5.75 Å². The van der Waals surface area contributed by atoms with E-state index in [1.165, 1.54) is 0 Å². The van der Waals surface area contributed by atoms with E-state index < -0.39 is 5.91 Å². The van der Waals surface area contributed by atoms with Gasteiger partial charge in [0.25, 0.3) is 11.8 Å². The molecular formula is C27H27N3O4. The van der Waals surface area contributed by atoms with Gasteiger partial charge < -0.3 is 20.7 Å². The van der Waals surface area contributed by atoms with Crippen LogP contribution >= 0.6 is 0 Å². The standard InChI is InChI=1S/C27H27N3O4/c31-25(18-34-22-10-6-9-21(17-22)29-26(32)20-13-14-20)30-24-12-5-4-11-23(24)27(33)28-16-15-19-7-2-1-3-8-19/h1-12,17,20H,13-16,18H2,(H,28,33)(H,29,32)(H,30,31). The van der Waals surface area contributed by atoms with Crippen molar-refractivity contribution in [3.63, 3.8) is 0 Å². The fourth-order valence-corrected chi connectivity index (χ4v) is 3.44. The average Bonchev–Trinajstić information content (AvgIpc) is 3.70. The number of rotatable bonds is 10. The van der Waals surface area contributed by atoms with Crippen molar-refractivity contribution < 1.29 is 19.1 Å². The lowest BCUT2D eigenvalue weighted by molar-refractivity contribution is -0.118. The van der Waals surface area contributed by atoms with Crippen LogP contribution in [-0.4, -0.2) is 30.9 Å². The Labute approximate surface area is 198 Å². The van der Waals surface area contributed by atoms with Crippen molar-refractivity contribution in [2.45, 2.75) is 19.3 Å². The second-order valence-electron chi connectivity index (χ2n) is 8.17. The quantitative estimate of drug-likeness (QED) is 0.428. The van der Waals surface area contributed by atoms with Crippen LogP contribution < -0.4 is 20.7 Å². The highest BCUT2D eigenvalue weighted by Gasteiger charge is 2.29. The number of amides is 3. The summed E-state index contributed by atoms with van der Waals surface area (Å²) in [5.41, 5.74) is 2.57. The van der Waals surface area contributed by atoms with Crippen LogP contribution in [0.2, 0.25) is 0 Å². The number of carbonyl (C=O) groups is 3. The van der Waals surface area contributed by atoms with E-state index in [9.17, 15) is 14.4 Å². The van der Waals surface area contributed by atoms with Crippen LogP contribution in [0.1, 0.15) is 28.8 Å². The van der Waals surface area contributed by atoms with E-state index in [0.717, 1.165) is 24.8 Å². The third-order valence-corrected chi connectivity index (χ3v) is 5.41. The number of para-hydroxylation sites is 1. The minimum atomic E-state index is -0.392. The fraction of sp³-hybridized carbons (Fsp3) is 0.222. The van der Waals surface area contributed by atoms with Gasteiger partial charge in [0.05, 0.1) is 11.3 Å². The molecule has 174 valence electrons. The van der Waals surface area contributed by atoms with Crippen molar-refractivity contribution in [3.05, 3.63) is 90.0 Å². The SMILES string of the molecule is O=C(COc1cccc(NC(=O)C2CC2)c1)Nc1ccccc1C(=O)NCCc1ccccc1. The smallest absolute Gasteiger partial charge is 0.262 e. The van der Waals surface area contributed by atoms with Crippen molar-refractivity contribution in [2.75, 3.05) is 23.8 Å². The van der Waals surface area contributed by atoms with Crippen LogP contribution in [0.3, 0.4) is 0 Å². The van der Waals surface area contributed by atoms with E-state index in [1.807, 2.05) is 30.3 Å². The zero-order valence-electron chi connectivity index (χ0n) is 18.8. The Morgan fingerprint density at radius 1 is 0.853 bits per heavy atom. The molecule has 0 bridgehead atoms. The Bertz CT molecular complexity index is 1160. The Hall–Kier alpha value is -4.13. The summed E-state index contributed by atoms with van der Waals surface area (Å²) in [4.78, 5) is 37.1. The molecule has 3 N–H and O–H groups in total. The molecule has 0 atom stereocenters. The van der Waals surface area contributed by atoms with Gasteiger partial charge in [0.15, 0.2) is 6.61 Å². The summed E-state index contributed by atoms with van der Waals surface area (Å²) in [7, 11) is 0. The molecule has 3 aromatic carbocycles. The summed E-state index contributed by atoms with van der Waals surface area (Å²) in [5.74, 6) is -0.0704. The van der Waals surface area contributed by atoms with Gasteiger partial charge in [-0.05, 0) is 49.1 Å². The zero-order chi connectivity index (χ0) is 23.8.